The molecule has 0 bridgehead atoms. The molecule has 0 atom stereocenters. The number of aliphatic imine (C=N–C) groups is 1. The summed E-state index contributed by atoms with van der Waals surface area (Å²) < 4.78 is 0. The van der Waals surface area contributed by atoms with Gasteiger partial charge in [-0.05, 0) is 37.5 Å². The molecular weight excluding hydrogens is 212 g/mol. The van der Waals surface area contributed by atoms with E-state index >= 15 is 0 Å². The van der Waals surface area contributed by atoms with Crippen molar-refractivity contribution in [3.63, 3.8) is 0 Å². The van der Waals surface area contributed by atoms with Crippen LogP contribution in [-0.2, 0) is 0 Å². The van der Waals surface area contributed by atoms with Crippen molar-refractivity contribution in [2.75, 3.05) is 5.32 Å². The fourth-order valence-corrected chi connectivity index (χ4v) is 1.48. The highest BCUT2D eigenvalue weighted by atomic mass is 15.3. The molecule has 4 nitrogen and oxygen atoms in total. The van der Waals surface area contributed by atoms with Gasteiger partial charge in [-0.15, -0.1) is 0 Å². The zero-order chi connectivity index (χ0) is 12.8. The summed E-state index contributed by atoms with van der Waals surface area (Å²) in [7, 11) is 0. The third-order valence-electron chi connectivity index (χ3n) is 2.34. The number of nitrogens with zero attached hydrogens (tertiary/aromatic N) is 1. The van der Waals surface area contributed by atoms with Gasteiger partial charge in [0, 0.05) is 11.7 Å². The number of nitrogens with one attached hydrogen (secondary N) is 2. The maximum atomic E-state index is 5.42. The third kappa shape index (κ3) is 4.44. The Balaban J connectivity index is 2.83. The van der Waals surface area contributed by atoms with E-state index in [2.05, 4.69) is 41.7 Å². The molecule has 1 rings (SSSR count). The minimum absolute atomic E-state index is 0.196. The molecule has 1 aromatic rings. The first-order chi connectivity index (χ1) is 8.02. The van der Waals surface area contributed by atoms with Crippen LogP contribution in [-0.4, -0.2) is 12.0 Å². The van der Waals surface area contributed by atoms with Crippen LogP contribution in [0.4, 0.5) is 5.69 Å². The van der Waals surface area contributed by atoms with Crippen LogP contribution in [0.1, 0.15) is 39.2 Å². The van der Waals surface area contributed by atoms with Crippen LogP contribution in [0.5, 0.6) is 0 Å². The largest absolute Gasteiger partial charge is 0.325 e. The lowest BCUT2D eigenvalue weighted by atomic mass is 10.0. The Morgan fingerprint density at radius 2 is 1.94 bits per heavy atom. The van der Waals surface area contributed by atoms with Crippen molar-refractivity contribution in [2.45, 2.75) is 39.7 Å². The third-order valence-corrected chi connectivity index (χ3v) is 2.34. The van der Waals surface area contributed by atoms with Gasteiger partial charge in [-0.25, -0.2) is 10.8 Å². The molecule has 0 saturated heterocycles. The van der Waals surface area contributed by atoms with Crippen molar-refractivity contribution < 1.29 is 0 Å². The summed E-state index contributed by atoms with van der Waals surface area (Å²) in [5, 5.41) is 3.17. The summed E-state index contributed by atoms with van der Waals surface area (Å²) >= 11 is 0. The van der Waals surface area contributed by atoms with Crippen LogP contribution in [0.2, 0.25) is 0 Å². The number of hydrogen-bond acceptors (Lipinski definition) is 2. The zero-order valence-electron chi connectivity index (χ0n) is 11.0. The molecule has 94 valence electrons. The first kappa shape index (κ1) is 13.5. The smallest absolute Gasteiger partial charge is 0.210 e. The predicted molar refractivity (Wildman–Crippen MR) is 74.0 cm³/mol. The summed E-state index contributed by atoms with van der Waals surface area (Å²) in [4.78, 5) is 4.33. The number of nitrogens with two attached hydrogens (primary N) is 1. The van der Waals surface area contributed by atoms with Crippen LogP contribution in [0, 0.1) is 0 Å². The number of guanidine groups is 1. The van der Waals surface area contributed by atoms with Gasteiger partial charge in [-0.3, -0.25) is 5.43 Å². The average molecular weight is 234 g/mol. The standard InChI is InChI=1S/C13H22N4/c1-9(2)11-6-5-7-12(8-11)16-13(17-14)15-10(3)4/h5-10H,14H2,1-4H3,(H2,15,16,17). The van der Waals surface area contributed by atoms with E-state index in [-0.39, 0.29) is 6.04 Å². The number of anilines is 1. The summed E-state index contributed by atoms with van der Waals surface area (Å²) in [5.41, 5.74) is 4.85. The summed E-state index contributed by atoms with van der Waals surface area (Å²) in [5.74, 6) is 6.52. The Kier molecular flexibility index (Phi) is 4.97. The topological polar surface area (TPSA) is 62.4 Å². The predicted octanol–water partition coefficient (Wildman–Crippen LogP) is 2.45. The highest BCUT2D eigenvalue weighted by Crippen LogP contribution is 2.18. The molecule has 0 amide bonds. The van der Waals surface area contributed by atoms with E-state index in [0.717, 1.165) is 5.69 Å². The molecule has 1 aromatic carbocycles. The summed E-state index contributed by atoms with van der Waals surface area (Å²) in [6.07, 6.45) is 0. The van der Waals surface area contributed by atoms with Crippen LogP contribution in [0.3, 0.4) is 0 Å². The highest BCUT2D eigenvalue weighted by molar-refractivity contribution is 5.93. The van der Waals surface area contributed by atoms with Gasteiger partial charge in [0.1, 0.15) is 0 Å². The van der Waals surface area contributed by atoms with E-state index in [1.165, 1.54) is 5.56 Å². The van der Waals surface area contributed by atoms with Gasteiger partial charge in [0.15, 0.2) is 0 Å². The van der Waals surface area contributed by atoms with E-state index in [1.54, 1.807) is 0 Å². The first-order valence-corrected chi connectivity index (χ1v) is 5.94. The molecule has 4 N–H and O–H groups in total. The van der Waals surface area contributed by atoms with Gasteiger partial charge in [0.25, 0.3) is 0 Å². The highest BCUT2D eigenvalue weighted by Gasteiger charge is 2.02. The second-order valence-corrected chi connectivity index (χ2v) is 4.62. The minimum atomic E-state index is 0.196. The molecule has 0 spiro atoms. The summed E-state index contributed by atoms with van der Waals surface area (Å²) in [6, 6.07) is 8.45. The van der Waals surface area contributed by atoms with Crippen molar-refractivity contribution in [3.05, 3.63) is 29.8 Å². The molecule has 0 aliphatic heterocycles. The fourth-order valence-electron chi connectivity index (χ4n) is 1.48. The van der Waals surface area contributed by atoms with Gasteiger partial charge < -0.3 is 5.32 Å². The lowest BCUT2D eigenvalue weighted by molar-refractivity contribution is 0.818. The van der Waals surface area contributed by atoms with Crippen LogP contribution < -0.4 is 16.6 Å². The molecule has 0 unspecified atom stereocenters. The average Bonchev–Trinajstić information content (AvgIpc) is 2.28. The van der Waals surface area contributed by atoms with Crippen LogP contribution in [0.15, 0.2) is 29.3 Å². The molecule has 0 radical (unpaired) electrons. The van der Waals surface area contributed by atoms with Gasteiger partial charge >= 0.3 is 0 Å². The Bertz CT molecular complexity index is 383. The van der Waals surface area contributed by atoms with Gasteiger partial charge in [-0.1, -0.05) is 26.0 Å². The van der Waals surface area contributed by atoms with Crippen LogP contribution in [0.25, 0.3) is 0 Å². The monoisotopic (exact) mass is 234 g/mol. The molecule has 4 heteroatoms. The van der Waals surface area contributed by atoms with E-state index in [0.29, 0.717) is 11.9 Å². The molecule has 0 fully saturated rings. The van der Waals surface area contributed by atoms with Crippen molar-refractivity contribution in [1.29, 1.82) is 0 Å². The normalized spacial score (nSPS) is 12.1. The Morgan fingerprint density at radius 1 is 1.24 bits per heavy atom. The Labute approximate surface area is 103 Å². The summed E-state index contributed by atoms with van der Waals surface area (Å²) in [6.45, 7) is 8.35. The molecule has 0 saturated carbocycles. The minimum Gasteiger partial charge on any atom is -0.325 e. The first-order valence-electron chi connectivity index (χ1n) is 5.94. The molecule has 0 heterocycles. The molecule has 0 aliphatic rings. The second kappa shape index (κ2) is 6.25. The van der Waals surface area contributed by atoms with E-state index in [1.807, 2.05) is 26.0 Å². The van der Waals surface area contributed by atoms with E-state index in [9.17, 15) is 0 Å². The zero-order valence-corrected chi connectivity index (χ0v) is 11.0. The molecule has 0 aliphatic carbocycles. The van der Waals surface area contributed by atoms with E-state index < -0.39 is 0 Å². The van der Waals surface area contributed by atoms with Gasteiger partial charge in [-0.2, -0.15) is 0 Å². The number of hydrogen-bond donors (Lipinski definition) is 3. The van der Waals surface area contributed by atoms with Gasteiger partial charge in [0.05, 0.1) is 0 Å². The maximum Gasteiger partial charge on any atom is 0.210 e. The van der Waals surface area contributed by atoms with Crippen molar-refractivity contribution in [3.8, 4) is 0 Å². The lowest BCUT2D eigenvalue weighted by Crippen LogP contribution is -2.37. The lowest BCUT2D eigenvalue weighted by Gasteiger charge is -2.12. The molecule has 0 aromatic heterocycles. The van der Waals surface area contributed by atoms with Crippen molar-refractivity contribution in [1.82, 2.24) is 5.43 Å². The van der Waals surface area contributed by atoms with Crippen molar-refractivity contribution in [2.24, 2.45) is 10.8 Å². The van der Waals surface area contributed by atoms with Gasteiger partial charge in [0.2, 0.25) is 5.96 Å². The number of hydrazine groups is 1. The van der Waals surface area contributed by atoms with Crippen LogP contribution >= 0.6 is 0 Å². The number of benzene rings is 1. The molecular formula is C13H22N4. The van der Waals surface area contributed by atoms with Crippen molar-refractivity contribution >= 4 is 11.6 Å². The Hall–Kier alpha value is -1.55. The quantitative estimate of drug-likeness (QED) is 0.326. The Morgan fingerprint density at radius 3 is 2.47 bits per heavy atom. The second-order valence-electron chi connectivity index (χ2n) is 4.62. The number of rotatable bonds is 3. The SMILES string of the molecule is CC(C)N=C(NN)Nc1cccc(C(C)C)c1. The fraction of sp³-hybridized carbons (Fsp3) is 0.462. The maximum absolute atomic E-state index is 5.42. The van der Waals surface area contributed by atoms with E-state index in [4.69, 9.17) is 5.84 Å². The molecule has 17 heavy (non-hydrogen) atoms.